The van der Waals surface area contributed by atoms with Crippen LogP contribution in [0.2, 0.25) is 0 Å². The molecule has 0 aromatic heterocycles. The highest BCUT2D eigenvalue weighted by molar-refractivity contribution is 7.50. The minimum atomic E-state index is -4.79. The van der Waals surface area contributed by atoms with Gasteiger partial charge in [0.25, 0.3) is 7.82 Å². The highest BCUT2D eigenvalue weighted by Crippen LogP contribution is 2.37. The van der Waals surface area contributed by atoms with E-state index in [1.807, 2.05) is 0 Å². The second-order valence-corrected chi connectivity index (χ2v) is 13.0. The molecule has 19 nitrogen and oxygen atoms in total. The number of hydrogen-bond donors (Lipinski definition) is 5. The summed E-state index contributed by atoms with van der Waals surface area (Å²) in [6.07, 6.45) is 2.61. The minimum Gasteiger partial charge on any atom is -0.779 e. The Balaban J connectivity index is 1.86. The van der Waals surface area contributed by atoms with Crippen molar-refractivity contribution >= 4 is 39.0 Å². The zero-order chi connectivity index (χ0) is 34.3. The number of ether oxygens (including phenoxy) is 4. The summed E-state index contributed by atoms with van der Waals surface area (Å²) in [7, 11) is -8.59. The van der Waals surface area contributed by atoms with Crippen LogP contribution in [0.25, 0.3) is 0 Å². The molecule has 1 saturated carbocycles. The number of hydrogen-bond acceptors (Lipinski definition) is 14. The lowest BCUT2D eigenvalue weighted by atomic mass is 9.93. The van der Waals surface area contributed by atoms with Gasteiger partial charge in [0.15, 0.2) is 0 Å². The molecule has 0 bridgehead atoms. The highest BCUT2D eigenvalue weighted by atomic mass is 31.2. The van der Waals surface area contributed by atoms with E-state index in [2.05, 4.69) is 25.8 Å². The number of phosphoric acid groups is 1. The first-order valence-corrected chi connectivity index (χ1v) is 18.4. The molecule has 1 aliphatic carbocycles. The lowest BCUT2D eigenvalue weighted by molar-refractivity contribution is -0.220. The Morgan fingerprint density at radius 2 is 1.09 bits per heavy atom. The molecule has 0 aromatic carbocycles. The van der Waals surface area contributed by atoms with E-state index in [0.717, 1.165) is 6.66 Å². The van der Waals surface area contributed by atoms with E-state index in [1.54, 1.807) is 0 Å². The Morgan fingerprint density at radius 1 is 0.652 bits per heavy atom. The van der Waals surface area contributed by atoms with E-state index in [4.69, 9.17) is 28.4 Å². The van der Waals surface area contributed by atoms with Crippen LogP contribution in [0.15, 0.2) is 0 Å². The molecule has 0 radical (unpaired) electrons. The number of rotatable bonds is 24. The van der Waals surface area contributed by atoms with Crippen molar-refractivity contribution in [3.05, 3.63) is 0 Å². The predicted molar refractivity (Wildman–Crippen MR) is 156 cm³/mol. The molecule has 2 atom stereocenters. The first-order chi connectivity index (χ1) is 21.8. The van der Waals surface area contributed by atoms with Gasteiger partial charge in [-0.2, -0.15) is 0 Å². The summed E-state index contributed by atoms with van der Waals surface area (Å²) in [5, 5.41) is 9.96. The molecule has 4 amide bonds. The van der Waals surface area contributed by atoms with Crippen LogP contribution >= 0.6 is 15.4 Å². The largest absolute Gasteiger partial charge is 0.779 e. The van der Waals surface area contributed by atoms with Crippen molar-refractivity contribution in [2.24, 2.45) is 0 Å². The van der Waals surface area contributed by atoms with Crippen LogP contribution in [-0.2, 0) is 56.3 Å². The number of carbonyl (C=O) groups is 4. The van der Waals surface area contributed by atoms with Gasteiger partial charge in [0.1, 0.15) is 7.60 Å². The van der Waals surface area contributed by atoms with Crippen LogP contribution in [0.4, 0.5) is 0 Å². The topological polar surface area (TPSA) is 272 Å². The van der Waals surface area contributed by atoms with Crippen LogP contribution in [0.3, 0.4) is 0 Å². The Bertz CT molecular complexity index is 1000. The fourth-order valence-electron chi connectivity index (χ4n) is 3.92. The zero-order valence-corrected chi connectivity index (χ0v) is 27.7. The molecular formula is C25H46N4O15P2-2. The molecule has 46 heavy (non-hydrogen) atoms. The summed E-state index contributed by atoms with van der Waals surface area (Å²) in [6, 6.07) is -0.206. The number of phosphoric ester groups is 1. The van der Waals surface area contributed by atoms with Gasteiger partial charge in [-0.25, -0.2) is 0 Å². The van der Waals surface area contributed by atoms with Crippen molar-refractivity contribution in [2.75, 3.05) is 85.8 Å². The highest BCUT2D eigenvalue weighted by Gasteiger charge is 2.26. The number of amides is 4. The van der Waals surface area contributed by atoms with Gasteiger partial charge in [-0.3, -0.25) is 23.7 Å². The Morgan fingerprint density at radius 3 is 1.59 bits per heavy atom. The first-order valence-electron chi connectivity index (χ1n) is 14.9. The fraction of sp³-hybridized carbons (Fsp3) is 0.840. The van der Waals surface area contributed by atoms with Crippen LogP contribution < -0.4 is 31.1 Å². The molecule has 1 aliphatic rings. The normalized spacial score (nSPS) is 19.0. The molecule has 1 rings (SSSR count). The summed E-state index contributed by atoms with van der Waals surface area (Å²) in [5.41, 5.74) is 0. The molecule has 0 aromatic rings. The second-order valence-electron chi connectivity index (χ2n) is 10.0. The standard InChI is InChI=1S/C25H48N4O15P2/c1-45(34,35)44-21-6-4-20(5-7-21)29-25(33)24(32)27-9-3-12-40-15-17-42-16-14-39-11-2-8-26-22(30)23(31)28-10-13-41-18-19-43-46(36,37)38/h20-21H,2-19H2,1H3,(H,26,30)(H,27,32)(H,28,31)(H,29,33)(H,34,35)(H2,36,37,38)/p-2. The lowest BCUT2D eigenvalue weighted by Crippen LogP contribution is -2.46. The second kappa shape index (κ2) is 24.2. The summed E-state index contributed by atoms with van der Waals surface area (Å²) >= 11 is 0. The van der Waals surface area contributed by atoms with E-state index in [-0.39, 0.29) is 45.5 Å². The summed E-state index contributed by atoms with van der Waals surface area (Å²) in [4.78, 5) is 77.4. The van der Waals surface area contributed by atoms with Crippen molar-refractivity contribution < 1.29 is 71.0 Å². The van der Waals surface area contributed by atoms with Gasteiger partial charge < -0.3 is 68.5 Å². The van der Waals surface area contributed by atoms with Crippen molar-refractivity contribution in [1.82, 2.24) is 21.3 Å². The van der Waals surface area contributed by atoms with Crippen LogP contribution in [-0.4, -0.2) is 126 Å². The van der Waals surface area contributed by atoms with Gasteiger partial charge in [0.2, 0.25) is 0 Å². The minimum absolute atomic E-state index is 0.0137. The third kappa shape index (κ3) is 24.2. The van der Waals surface area contributed by atoms with Gasteiger partial charge in [-0.15, -0.1) is 0 Å². The van der Waals surface area contributed by atoms with E-state index in [9.17, 15) is 38.1 Å². The molecule has 5 N–H and O–H groups in total. The van der Waals surface area contributed by atoms with Crippen molar-refractivity contribution in [2.45, 2.75) is 50.7 Å². The summed E-state index contributed by atoms with van der Waals surface area (Å²) < 4.78 is 51.8. The molecule has 0 saturated heterocycles. The maximum Gasteiger partial charge on any atom is 0.309 e. The van der Waals surface area contributed by atoms with Crippen molar-refractivity contribution in [3.63, 3.8) is 0 Å². The van der Waals surface area contributed by atoms with Crippen LogP contribution in [0.1, 0.15) is 38.5 Å². The Labute approximate surface area is 267 Å². The van der Waals surface area contributed by atoms with Crippen molar-refractivity contribution in [1.29, 1.82) is 0 Å². The summed E-state index contributed by atoms with van der Waals surface area (Å²) in [5.74, 6) is -3.13. The Hall–Kier alpha value is -2.02. The third-order valence-corrected chi connectivity index (χ3v) is 7.21. The summed E-state index contributed by atoms with van der Waals surface area (Å²) in [6.45, 7) is 3.09. The average Bonchev–Trinajstić information content (AvgIpc) is 2.97. The maximum atomic E-state index is 12.1. The number of nitrogens with one attached hydrogen (secondary N) is 4. The van der Waals surface area contributed by atoms with Gasteiger partial charge in [-0.05, 0) is 38.5 Å². The van der Waals surface area contributed by atoms with E-state index in [1.165, 1.54) is 0 Å². The molecule has 0 aliphatic heterocycles. The molecule has 0 spiro atoms. The molecule has 268 valence electrons. The fourth-order valence-corrected chi connectivity index (χ4v) is 4.98. The third-order valence-electron chi connectivity index (χ3n) is 6.02. The van der Waals surface area contributed by atoms with E-state index in [0.29, 0.717) is 78.2 Å². The van der Waals surface area contributed by atoms with Gasteiger partial charge in [-0.1, -0.05) is 0 Å². The maximum absolute atomic E-state index is 12.1. The van der Waals surface area contributed by atoms with Crippen LogP contribution in [0, 0.1) is 0 Å². The monoisotopic (exact) mass is 704 g/mol. The quantitative estimate of drug-likeness (QED) is 0.0388. The van der Waals surface area contributed by atoms with Gasteiger partial charge >= 0.3 is 23.6 Å². The van der Waals surface area contributed by atoms with E-state index < -0.39 is 45.2 Å². The predicted octanol–water partition coefficient (Wildman–Crippen LogP) is -2.71. The zero-order valence-electron chi connectivity index (χ0n) is 25.9. The Kier molecular flexibility index (Phi) is 22.1. The smallest absolute Gasteiger partial charge is 0.309 e. The molecule has 2 unspecified atom stereocenters. The molecular weight excluding hydrogens is 658 g/mol. The molecule has 1 fully saturated rings. The molecule has 21 heteroatoms. The number of carbonyl (C=O) groups excluding carboxylic acids is 4. The average molecular weight is 705 g/mol. The van der Waals surface area contributed by atoms with Gasteiger partial charge in [0.05, 0.1) is 52.4 Å². The van der Waals surface area contributed by atoms with Gasteiger partial charge in [0, 0.05) is 45.6 Å². The SMILES string of the molecule is CP(=O)([O-])OC1CCC(NC(=O)C(=O)NCCCOCCOCCOCCCNC(=O)C(=O)NCCOCCOP(=O)([O-])O)CC1. The van der Waals surface area contributed by atoms with E-state index >= 15 is 0 Å². The lowest BCUT2D eigenvalue weighted by Gasteiger charge is -2.32. The van der Waals surface area contributed by atoms with Crippen LogP contribution in [0.5, 0.6) is 0 Å². The first kappa shape index (κ1) is 42.0. The molecule has 0 heterocycles. The van der Waals surface area contributed by atoms with Crippen molar-refractivity contribution in [3.8, 4) is 0 Å².